The topological polar surface area (TPSA) is 34.4 Å². The van der Waals surface area contributed by atoms with Crippen LogP contribution in [0.5, 0.6) is 0 Å². The minimum Gasteiger partial charge on any atom is -0.269 e. The van der Waals surface area contributed by atoms with Crippen LogP contribution in [0.4, 0.5) is 0 Å². The molecule has 3 rings (SSSR count). The van der Waals surface area contributed by atoms with Gasteiger partial charge in [-0.1, -0.05) is 6.07 Å². The van der Waals surface area contributed by atoms with Crippen LogP contribution in [0.25, 0.3) is 5.65 Å². The number of nitrogens with zero attached hydrogens (tertiary/aromatic N) is 2. The first-order valence-corrected chi connectivity index (χ1v) is 5.35. The zero-order chi connectivity index (χ0) is 10.3. The summed E-state index contributed by atoms with van der Waals surface area (Å²) in [6.07, 6.45) is 6.49. The maximum Gasteiger partial charge on any atom is 0.256 e. The summed E-state index contributed by atoms with van der Waals surface area (Å²) in [7, 11) is 0. The number of aryl methyl sites for hydroxylation is 2. The van der Waals surface area contributed by atoms with Gasteiger partial charge in [-0.15, -0.1) is 0 Å². The molecule has 0 bridgehead atoms. The van der Waals surface area contributed by atoms with Crippen molar-refractivity contribution < 1.29 is 0 Å². The van der Waals surface area contributed by atoms with Crippen LogP contribution in [0.3, 0.4) is 0 Å². The van der Waals surface area contributed by atoms with Crippen molar-refractivity contribution in [2.24, 2.45) is 0 Å². The third-order valence-electron chi connectivity index (χ3n) is 2.98. The fourth-order valence-electron chi connectivity index (χ4n) is 2.18. The molecule has 2 aromatic rings. The molecule has 0 atom stereocenters. The van der Waals surface area contributed by atoms with Crippen LogP contribution in [-0.2, 0) is 12.8 Å². The van der Waals surface area contributed by atoms with Crippen LogP contribution in [0.1, 0.15) is 24.1 Å². The van der Waals surface area contributed by atoms with Crippen molar-refractivity contribution in [1.82, 2.24) is 9.38 Å². The van der Waals surface area contributed by atoms with E-state index in [9.17, 15) is 4.79 Å². The molecule has 0 radical (unpaired) electrons. The number of pyridine rings is 1. The second-order valence-electron chi connectivity index (χ2n) is 4.01. The SMILES string of the molecule is O=c1cccc2nc3c(cn12)CCCC3. The number of hydrogen-bond acceptors (Lipinski definition) is 2. The van der Waals surface area contributed by atoms with Gasteiger partial charge in [0.1, 0.15) is 5.65 Å². The van der Waals surface area contributed by atoms with Crippen LogP contribution >= 0.6 is 0 Å². The molecule has 0 aliphatic heterocycles. The van der Waals surface area contributed by atoms with E-state index in [1.807, 2.05) is 12.3 Å². The Bertz CT molecular complexity index is 571. The smallest absolute Gasteiger partial charge is 0.256 e. The Morgan fingerprint density at radius 2 is 2.07 bits per heavy atom. The van der Waals surface area contributed by atoms with Crippen LogP contribution in [0, 0.1) is 0 Å². The van der Waals surface area contributed by atoms with Crippen LogP contribution in [0.15, 0.2) is 29.2 Å². The van der Waals surface area contributed by atoms with Crippen molar-refractivity contribution >= 4 is 5.65 Å². The van der Waals surface area contributed by atoms with Gasteiger partial charge in [0.2, 0.25) is 0 Å². The molecular formula is C12H12N2O. The first-order valence-electron chi connectivity index (χ1n) is 5.35. The molecule has 0 fully saturated rings. The molecule has 15 heavy (non-hydrogen) atoms. The summed E-state index contributed by atoms with van der Waals surface area (Å²) in [6, 6.07) is 5.22. The monoisotopic (exact) mass is 200 g/mol. The summed E-state index contributed by atoms with van der Waals surface area (Å²) >= 11 is 0. The Hall–Kier alpha value is -1.64. The normalized spacial score (nSPS) is 15.2. The molecule has 0 N–H and O–H groups in total. The largest absolute Gasteiger partial charge is 0.269 e. The first kappa shape index (κ1) is 8.65. The molecule has 0 aromatic carbocycles. The molecule has 0 unspecified atom stereocenters. The van der Waals surface area contributed by atoms with Gasteiger partial charge in [0, 0.05) is 18.0 Å². The molecule has 2 aromatic heterocycles. The van der Waals surface area contributed by atoms with Gasteiger partial charge in [0.25, 0.3) is 5.56 Å². The quantitative estimate of drug-likeness (QED) is 0.647. The Labute approximate surface area is 87.4 Å². The molecule has 76 valence electrons. The van der Waals surface area contributed by atoms with Crippen molar-refractivity contribution in [1.29, 1.82) is 0 Å². The molecule has 0 spiro atoms. The molecular weight excluding hydrogens is 188 g/mol. The van der Waals surface area contributed by atoms with Gasteiger partial charge in [-0.05, 0) is 37.3 Å². The number of fused-ring (bicyclic) bond motifs is 2. The minimum atomic E-state index is 0.00775. The standard InChI is InChI=1S/C12H12N2O/c15-12-7-3-6-11-13-10-5-2-1-4-9(10)8-14(11)12/h3,6-8H,1-2,4-5H2. The second kappa shape index (κ2) is 3.19. The molecule has 1 aliphatic rings. The van der Waals surface area contributed by atoms with Gasteiger partial charge in [0.15, 0.2) is 0 Å². The third kappa shape index (κ3) is 1.35. The highest BCUT2D eigenvalue weighted by atomic mass is 16.1. The van der Waals surface area contributed by atoms with Gasteiger partial charge in [-0.3, -0.25) is 9.20 Å². The summed E-state index contributed by atoms with van der Waals surface area (Å²) < 4.78 is 1.64. The molecule has 0 saturated heterocycles. The van der Waals surface area contributed by atoms with Crippen molar-refractivity contribution in [3.05, 3.63) is 46.0 Å². The molecule has 0 amide bonds. The van der Waals surface area contributed by atoms with Crippen LogP contribution in [0.2, 0.25) is 0 Å². The number of aromatic nitrogens is 2. The van der Waals surface area contributed by atoms with Gasteiger partial charge in [0.05, 0.1) is 0 Å². The van der Waals surface area contributed by atoms with Crippen molar-refractivity contribution in [3.63, 3.8) is 0 Å². The van der Waals surface area contributed by atoms with E-state index in [4.69, 9.17) is 0 Å². The van der Waals surface area contributed by atoms with Gasteiger partial charge in [-0.2, -0.15) is 0 Å². The highest BCUT2D eigenvalue weighted by molar-refractivity contribution is 5.40. The Balaban J connectivity index is 2.36. The minimum absolute atomic E-state index is 0.00775. The lowest BCUT2D eigenvalue weighted by Crippen LogP contribution is -2.16. The predicted molar refractivity (Wildman–Crippen MR) is 58.1 cm³/mol. The fourth-order valence-corrected chi connectivity index (χ4v) is 2.18. The van der Waals surface area contributed by atoms with E-state index in [2.05, 4.69) is 4.98 Å². The molecule has 1 aliphatic carbocycles. The van der Waals surface area contributed by atoms with Crippen molar-refractivity contribution in [2.75, 3.05) is 0 Å². The van der Waals surface area contributed by atoms with Crippen molar-refractivity contribution in [3.8, 4) is 0 Å². The Morgan fingerprint density at radius 3 is 3.00 bits per heavy atom. The van der Waals surface area contributed by atoms with E-state index in [1.165, 1.54) is 24.1 Å². The molecule has 3 heteroatoms. The average Bonchev–Trinajstić information content (AvgIpc) is 2.27. The number of rotatable bonds is 0. The van der Waals surface area contributed by atoms with Crippen LogP contribution < -0.4 is 5.56 Å². The summed E-state index contributed by atoms with van der Waals surface area (Å²) in [5, 5.41) is 0. The summed E-state index contributed by atoms with van der Waals surface area (Å²) in [4.78, 5) is 16.1. The molecule has 3 nitrogen and oxygen atoms in total. The van der Waals surface area contributed by atoms with E-state index in [-0.39, 0.29) is 5.56 Å². The predicted octanol–water partition coefficient (Wildman–Crippen LogP) is 1.57. The summed E-state index contributed by atoms with van der Waals surface area (Å²) in [5.74, 6) is 0. The maximum absolute atomic E-state index is 11.6. The Morgan fingerprint density at radius 1 is 1.20 bits per heavy atom. The maximum atomic E-state index is 11.6. The molecule has 0 saturated carbocycles. The summed E-state index contributed by atoms with van der Waals surface area (Å²) in [6.45, 7) is 0. The van der Waals surface area contributed by atoms with E-state index in [1.54, 1.807) is 16.5 Å². The highest BCUT2D eigenvalue weighted by Crippen LogP contribution is 2.19. The van der Waals surface area contributed by atoms with E-state index in [0.29, 0.717) is 0 Å². The third-order valence-corrected chi connectivity index (χ3v) is 2.98. The van der Waals surface area contributed by atoms with Gasteiger partial charge in [-0.25, -0.2) is 4.98 Å². The van der Waals surface area contributed by atoms with Gasteiger partial charge < -0.3 is 0 Å². The highest BCUT2D eigenvalue weighted by Gasteiger charge is 2.11. The van der Waals surface area contributed by atoms with E-state index < -0.39 is 0 Å². The average molecular weight is 200 g/mol. The lowest BCUT2D eigenvalue weighted by atomic mass is 9.97. The summed E-state index contributed by atoms with van der Waals surface area (Å²) in [5.41, 5.74) is 3.19. The van der Waals surface area contributed by atoms with Crippen LogP contribution in [-0.4, -0.2) is 9.38 Å². The van der Waals surface area contributed by atoms with Gasteiger partial charge >= 0.3 is 0 Å². The second-order valence-corrected chi connectivity index (χ2v) is 4.01. The lowest BCUT2D eigenvalue weighted by molar-refractivity contribution is 0.662. The number of hydrogen-bond donors (Lipinski definition) is 0. The lowest BCUT2D eigenvalue weighted by Gasteiger charge is -2.15. The molecule has 2 heterocycles. The zero-order valence-corrected chi connectivity index (χ0v) is 8.44. The first-order chi connectivity index (χ1) is 7.34. The zero-order valence-electron chi connectivity index (χ0n) is 8.44. The fraction of sp³-hybridized carbons (Fsp3) is 0.333. The van der Waals surface area contributed by atoms with Crippen molar-refractivity contribution in [2.45, 2.75) is 25.7 Å². The Kier molecular flexibility index (Phi) is 1.84. The van der Waals surface area contributed by atoms with E-state index in [0.717, 1.165) is 18.5 Å². The van der Waals surface area contributed by atoms with E-state index >= 15 is 0 Å².